The van der Waals surface area contributed by atoms with E-state index in [1.807, 2.05) is 0 Å². The molecule has 0 bridgehead atoms. The van der Waals surface area contributed by atoms with Crippen molar-refractivity contribution >= 4 is 15.7 Å². The number of rotatable bonds is 3. The highest BCUT2D eigenvalue weighted by Crippen LogP contribution is 2.18. The van der Waals surface area contributed by atoms with E-state index >= 15 is 0 Å². The summed E-state index contributed by atoms with van der Waals surface area (Å²) in [6, 6.07) is 1.07. The minimum Gasteiger partial charge on any atom is -0.355 e. The summed E-state index contributed by atoms with van der Waals surface area (Å²) >= 11 is 0. The standard InChI is InChI=1S/C11H15FN2O3S/c12-8-5-10(13-6-8)11(15)14-7-9-3-1-2-4-18(9,16)17/h5-6,9,13H,1-4,7H2,(H,14,15). The van der Waals surface area contributed by atoms with Gasteiger partial charge in [-0.15, -0.1) is 0 Å². The van der Waals surface area contributed by atoms with E-state index < -0.39 is 26.8 Å². The molecule has 1 saturated heterocycles. The van der Waals surface area contributed by atoms with E-state index in [2.05, 4.69) is 10.3 Å². The normalized spacial score (nSPS) is 22.6. The van der Waals surface area contributed by atoms with Crippen molar-refractivity contribution in [2.45, 2.75) is 24.5 Å². The minimum atomic E-state index is -3.10. The molecule has 0 radical (unpaired) electrons. The number of halogens is 1. The molecule has 0 aliphatic carbocycles. The quantitative estimate of drug-likeness (QED) is 0.857. The van der Waals surface area contributed by atoms with Crippen molar-refractivity contribution in [3.8, 4) is 0 Å². The molecule has 7 heteroatoms. The molecule has 18 heavy (non-hydrogen) atoms. The fraction of sp³-hybridized carbons (Fsp3) is 0.545. The number of aromatic amines is 1. The van der Waals surface area contributed by atoms with Gasteiger partial charge in [-0.3, -0.25) is 4.79 Å². The van der Waals surface area contributed by atoms with E-state index in [0.29, 0.717) is 12.8 Å². The average molecular weight is 274 g/mol. The molecule has 2 heterocycles. The van der Waals surface area contributed by atoms with Gasteiger partial charge in [0.05, 0.1) is 11.0 Å². The van der Waals surface area contributed by atoms with Crippen LogP contribution in [0.5, 0.6) is 0 Å². The fourth-order valence-electron chi connectivity index (χ4n) is 2.05. The number of aromatic nitrogens is 1. The van der Waals surface area contributed by atoms with Crippen LogP contribution < -0.4 is 5.32 Å². The summed E-state index contributed by atoms with van der Waals surface area (Å²) in [5.41, 5.74) is 0.0979. The lowest BCUT2D eigenvalue weighted by Crippen LogP contribution is -2.39. The first-order chi connectivity index (χ1) is 8.49. The average Bonchev–Trinajstić information content (AvgIpc) is 2.73. The molecular weight excluding hydrogens is 259 g/mol. The van der Waals surface area contributed by atoms with Crippen molar-refractivity contribution in [3.63, 3.8) is 0 Å². The van der Waals surface area contributed by atoms with Gasteiger partial charge in [0.2, 0.25) is 0 Å². The molecule has 0 aromatic carbocycles. The van der Waals surface area contributed by atoms with Crippen molar-refractivity contribution in [1.29, 1.82) is 0 Å². The van der Waals surface area contributed by atoms with Gasteiger partial charge < -0.3 is 10.3 Å². The Hall–Kier alpha value is -1.37. The van der Waals surface area contributed by atoms with Crippen molar-refractivity contribution in [2.24, 2.45) is 0 Å². The van der Waals surface area contributed by atoms with E-state index in [4.69, 9.17) is 0 Å². The van der Waals surface area contributed by atoms with E-state index in [9.17, 15) is 17.6 Å². The monoisotopic (exact) mass is 274 g/mol. The van der Waals surface area contributed by atoms with Crippen LogP contribution in [0.1, 0.15) is 29.8 Å². The van der Waals surface area contributed by atoms with Gasteiger partial charge in [-0.25, -0.2) is 12.8 Å². The molecule has 2 rings (SSSR count). The van der Waals surface area contributed by atoms with Crippen LogP contribution in [0.15, 0.2) is 12.3 Å². The molecule has 1 fully saturated rings. The Bertz CT molecular complexity index is 538. The maximum Gasteiger partial charge on any atom is 0.267 e. The maximum atomic E-state index is 12.7. The Morgan fingerprint density at radius 1 is 1.50 bits per heavy atom. The summed E-state index contributed by atoms with van der Waals surface area (Å²) in [4.78, 5) is 14.1. The summed E-state index contributed by atoms with van der Waals surface area (Å²) < 4.78 is 36.1. The second-order valence-electron chi connectivity index (χ2n) is 4.43. The lowest BCUT2D eigenvalue weighted by atomic mass is 10.2. The summed E-state index contributed by atoms with van der Waals surface area (Å²) in [6.45, 7) is 0.0851. The van der Waals surface area contributed by atoms with Crippen molar-refractivity contribution in [3.05, 3.63) is 23.8 Å². The van der Waals surface area contributed by atoms with E-state index in [1.54, 1.807) is 0 Å². The molecule has 1 aromatic rings. The van der Waals surface area contributed by atoms with Crippen molar-refractivity contribution in [1.82, 2.24) is 10.3 Å². The van der Waals surface area contributed by atoms with Crippen LogP contribution >= 0.6 is 0 Å². The first kappa shape index (κ1) is 13.1. The molecule has 2 N–H and O–H groups in total. The number of hydrogen-bond donors (Lipinski definition) is 2. The Morgan fingerprint density at radius 3 is 2.89 bits per heavy atom. The second-order valence-corrected chi connectivity index (χ2v) is 6.83. The molecule has 1 atom stereocenters. The van der Waals surface area contributed by atoms with Crippen LogP contribution in [0.3, 0.4) is 0 Å². The van der Waals surface area contributed by atoms with E-state index in [0.717, 1.165) is 18.7 Å². The first-order valence-electron chi connectivity index (χ1n) is 5.83. The van der Waals surface area contributed by atoms with Gasteiger partial charge in [-0.05, 0) is 12.8 Å². The number of hydrogen-bond acceptors (Lipinski definition) is 3. The number of H-pyrrole nitrogens is 1. The predicted molar refractivity (Wildman–Crippen MR) is 64.5 cm³/mol. The van der Waals surface area contributed by atoms with Gasteiger partial charge in [0.1, 0.15) is 11.5 Å². The zero-order valence-electron chi connectivity index (χ0n) is 9.78. The topological polar surface area (TPSA) is 79.0 Å². The first-order valence-corrected chi connectivity index (χ1v) is 7.54. The fourth-order valence-corrected chi connectivity index (χ4v) is 3.85. The predicted octanol–water partition coefficient (Wildman–Crippen LogP) is 0.851. The second kappa shape index (κ2) is 5.09. The summed E-state index contributed by atoms with van der Waals surface area (Å²) in [7, 11) is -3.10. The zero-order chi connectivity index (χ0) is 13.2. The highest BCUT2D eigenvalue weighted by atomic mass is 32.2. The molecule has 1 aliphatic heterocycles. The number of amides is 1. The molecule has 1 aromatic heterocycles. The van der Waals surface area contributed by atoms with Crippen LogP contribution in [0, 0.1) is 5.82 Å². The molecular formula is C11H15FN2O3S. The maximum absolute atomic E-state index is 12.7. The van der Waals surface area contributed by atoms with Gasteiger partial charge in [0.25, 0.3) is 5.91 Å². The summed E-state index contributed by atoms with van der Waals surface area (Å²) in [5.74, 6) is -0.824. The van der Waals surface area contributed by atoms with Crippen molar-refractivity contribution in [2.75, 3.05) is 12.3 Å². The van der Waals surface area contributed by atoms with E-state index in [1.165, 1.54) is 0 Å². The van der Waals surface area contributed by atoms with Gasteiger partial charge in [-0.1, -0.05) is 6.42 Å². The molecule has 1 amide bonds. The molecule has 0 spiro atoms. The summed E-state index contributed by atoms with van der Waals surface area (Å²) in [5, 5.41) is 2.00. The van der Waals surface area contributed by atoms with Gasteiger partial charge >= 0.3 is 0 Å². The largest absolute Gasteiger partial charge is 0.355 e. The third-order valence-electron chi connectivity index (χ3n) is 3.10. The summed E-state index contributed by atoms with van der Waals surface area (Å²) in [6.07, 6.45) is 3.19. The number of nitrogens with one attached hydrogen (secondary N) is 2. The third-order valence-corrected chi connectivity index (χ3v) is 5.37. The zero-order valence-corrected chi connectivity index (χ0v) is 10.6. The van der Waals surface area contributed by atoms with Crippen LogP contribution in [0.2, 0.25) is 0 Å². The molecule has 0 saturated carbocycles. The highest BCUT2D eigenvalue weighted by Gasteiger charge is 2.29. The Balaban J connectivity index is 1.93. The SMILES string of the molecule is O=C(NCC1CCCCS1(=O)=O)c1cc(F)c[nH]1. The smallest absolute Gasteiger partial charge is 0.267 e. The number of carbonyl (C=O) groups excluding carboxylic acids is 1. The van der Waals surface area contributed by atoms with Crippen LogP contribution in [0.4, 0.5) is 4.39 Å². The minimum absolute atomic E-state index is 0.0851. The molecule has 5 nitrogen and oxygen atoms in total. The van der Waals surface area contributed by atoms with Crippen LogP contribution in [-0.4, -0.2) is 36.9 Å². The molecule has 1 aliphatic rings. The highest BCUT2D eigenvalue weighted by molar-refractivity contribution is 7.92. The Kier molecular flexibility index (Phi) is 3.70. The van der Waals surface area contributed by atoms with Crippen molar-refractivity contribution < 1.29 is 17.6 Å². The van der Waals surface area contributed by atoms with E-state index in [-0.39, 0.29) is 18.0 Å². The van der Waals surface area contributed by atoms with Gasteiger partial charge in [-0.2, -0.15) is 0 Å². The number of carbonyl (C=O) groups is 1. The van der Waals surface area contributed by atoms with Gasteiger partial charge in [0, 0.05) is 18.8 Å². The molecule has 1 unspecified atom stereocenters. The van der Waals surface area contributed by atoms with Gasteiger partial charge in [0.15, 0.2) is 9.84 Å². The van der Waals surface area contributed by atoms with Crippen LogP contribution in [0.25, 0.3) is 0 Å². The lowest BCUT2D eigenvalue weighted by Gasteiger charge is -2.22. The Labute approximate surface area is 105 Å². The Morgan fingerprint density at radius 2 is 2.28 bits per heavy atom. The molecule has 100 valence electrons. The number of sulfone groups is 1. The van der Waals surface area contributed by atoms with Crippen LogP contribution in [-0.2, 0) is 9.84 Å². The lowest BCUT2D eigenvalue weighted by molar-refractivity contribution is 0.0948. The third kappa shape index (κ3) is 2.90.